The molecule has 2 aromatic heterocycles. The maximum atomic E-state index is 6.06. The molecule has 0 aliphatic heterocycles. The van der Waals surface area contributed by atoms with Gasteiger partial charge in [0.05, 0.1) is 12.2 Å². The van der Waals surface area contributed by atoms with E-state index in [1.807, 2.05) is 32.2 Å². The average molecular weight is 285 g/mol. The minimum atomic E-state index is -0.137. The zero-order chi connectivity index (χ0) is 15.6. The van der Waals surface area contributed by atoms with Crippen LogP contribution in [0.5, 0.6) is 0 Å². The van der Waals surface area contributed by atoms with Crippen LogP contribution in [0, 0.1) is 6.92 Å². The lowest BCUT2D eigenvalue weighted by molar-refractivity contribution is 0.545. The molecule has 0 aliphatic rings. The molecule has 2 aromatic rings. The van der Waals surface area contributed by atoms with Crippen molar-refractivity contribution in [2.24, 2.45) is 0 Å². The molecule has 112 valence electrons. The summed E-state index contributed by atoms with van der Waals surface area (Å²) in [5.41, 5.74) is 7.82. The van der Waals surface area contributed by atoms with Gasteiger partial charge in [-0.2, -0.15) is 0 Å². The van der Waals surface area contributed by atoms with Crippen LogP contribution >= 0.6 is 0 Å². The molecule has 0 aliphatic carbocycles. The molecule has 0 unspecified atom stereocenters. The molecule has 21 heavy (non-hydrogen) atoms. The number of hydrogen-bond acceptors (Lipinski definition) is 5. The summed E-state index contributed by atoms with van der Waals surface area (Å²) in [5, 5.41) is 0. The Balaban J connectivity index is 2.36. The Hall–Kier alpha value is -2.17. The SMILES string of the molecule is Cc1c(N)nc(C(C)(C)C)nc1N(C)Cc1ccccn1. The Kier molecular flexibility index (Phi) is 4.11. The van der Waals surface area contributed by atoms with Gasteiger partial charge in [-0.25, -0.2) is 9.97 Å². The molecule has 0 saturated carbocycles. The molecule has 0 atom stereocenters. The van der Waals surface area contributed by atoms with Crippen LogP contribution in [-0.2, 0) is 12.0 Å². The van der Waals surface area contributed by atoms with Crippen molar-refractivity contribution in [3.63, 3.8) is 0 Å². The van der Waals surface area contributed by atoms with Crippen molar-refractivity contribution in [2.75, 3.05) is 17.7 Å². The molecule has 2 rings (SSSR count). The van der Waals surface area contributed by atoms with E-state index in [-0.39, 0.29) is 5.41 Å². The molecule has 5 heteroatoms. The fraction of sp³-hybridized carbons (Fsp3) is 0.438. The largest absolute Gasteiger partial charge is 0.383 e. The third-order valence-corrected chi connectivity index (χ3v) is 3.32. The van der Waals surface area contributed by atoms with E-state index < -0.39 is 0 Å². The summed E-state index contributed by atoms with van der Waals surface area (Å²) < 4.78 is 0. The van der Waals surface area contributed by atoms with Crippen LogP contribution in [0.4, 0.5) is 11.6 Å². The highest BCUT2D eigenvalue weighted by atomic mass is 15.2. The van der Waals surface area contributed by atoms with Gasteiger partial charge in [-0.3, -0.25) is 4.98 Å². The van der Waals surface area contributed by atoms with E-state index in [2.05, 4.69) is 35.6 Å². The highest BCUT2D eigenvalue weighted by Crippen LogP contribution is 2.27. The van der Waals surface area contributed by atoms with Gasteiger partial charge < -0.3 is 10.6 Å². The molecule has 0 amide bonds. The molecule has 5 nitrogen and oxygen atoms in total. The Bertz CT molecular complexity index is 617. The van der Waals surface area contributed by atoms with Gasteiger partial charge in [-0.05, 0) is 19.1 Å². The van der Waals surface area contributed by atoms with E-state index in [1.165, 1.54) is 0 Å². The van der Waals surface area contributed by atoms with Crippen LogP contribution in [0.15, 0.2) is 24.4 Å². The summed E-state index contributed by atoms with van der Waals surface area (Å²) in [4.78, 5) is 15.5. The third-order valence-electron chi connectivity index (χ3n) is 3.32. The van der Waals surface area contributed by atoms with E-state index in [4.69, 9.17) is 10.7 Å². The van der Waals surface area contributed by atoms with Crippen molar-refractivity contribution in [2.45, 2.75) is 39.7 Å². The summed E-state index contributed by atoms with van der Waals surface area (Å²) >= 11 is 0. The van der Waals surface area contributed by atoms with Gasteiger partial charge in [0, 0.05) is 24.2 Å². The third kappa shape index (κ3) is 3.48. The predicted octanol–water partition coefficient (Wildman–Crippen LogP) is 2.70. The number of aromatic nitrogens is 3. The zero-order valence-electron chi connectivity index (χ0n) is 13.4. The standard InChI is InChI=1S/C16H23N5/c1-11-13(17)19-15(16(2,3)4)20-14(11)21(5)10-12-8-6-7-9-18-12/h6-9H,10H2,1-5H3,(H2,17,19,20). The lowest BCUT2D eigenvalue weighted by Crippen LogP contribution is -2.24. The van der Waals surface area contributed by atoms with Gasteiger partial charge in [-0.1, -0.05) is 26.8 Å². The van der Waals surface area contributed by atoms with Crippen molar-refractivity contribution in [3.8, 4) is 0 Å². The molecule has 2 N–H and O–H groups in total. The van der Waals surface area contributed by atoms with Gasteiger partial charge in [0.1, 0.15) is 17.5 Å². The fourth-order valence-electron chi connectivity index (χ4n) is 2.04. The van der Waals surface area contributed by atoms with E-state index in [0.717, 1.165) is 22.9 Å². The summed E-state index contributed by atoms with van der Waals surface area (Å²) in [5.74, 6) is 2.16. The molecule has 0 aromatic carbocycles. The second-order valence-corrected chi connectivity index (χ2v) is 6.31. The summed E-state index contributed by atoms with van der Waals surface area (Å²) in [7, 11) is 2.00. The lowest BCUT2D eigenvalue weighted by atomic mass is 9.95. The van der Waals surface area contributed by atoms with E-state index >= 15 is 0 Å². The van der Waals surface area contributed by atoms with Crippen molar-refractivity contribution < 1.29 is 0 Å². The first-order valence-electron chi connectivity index (χ1n) is 7.04. The molecule has 0 spiro atoms. The molecule has 0 saturated heterocycles. The van der Waals surface area contributed by atoms with Crippen LogP contribution in [-0.4, -0.2) is 22.0 Å². The number of nitrogens with two attached hydrogens (primary N) is 1. The highest BCUT2D eigenvalue weighted by Gasteiger charge is 2.21. The van der Waals surface area contributed by atoms with Crippen LogP contribution in [0.25, 0.3) is 0 Å². The Morgan fingerprint density at radius 2 is 1.90 bits per heavy atom. The first kappa shape index (κ1) is 15.2. The second kappa shape index (κ2) is 5.68. The minimum absolute atomic E-state index is 0.137. The van der Waals surface area contributed by atoms with Crippen LogP contribution in [0.1, 0.15) is 37.9 Å². The molecular formula is C16H23N5. The van der Waals surface area contributed by atoms with Crippen molar-refractivity contribution >= 4 is 11.6 Å². The van der Waals surface area contributed by atoms with Crippen LogP contribution in [0.3, 0.4) is 0 Å². The summed E-state index contributed by atoms with van der Waals surface area (Å²) in [6.45, 7) is 8.88. The number of pyridine rings is 1. The number of hydrogen-bond donors (Lipinski definition) is 1. The zero-order valence-corrected chi connectivity index (χ0v) is 13.4. The van der Waals surface area contributed by atoms with E-state index in [0.29, 0.717) is 12.4 Å². The number of rotatable bonds is 3. The van der Waals surface area contributed by atoms with Gasteiger partial charge in [0.25, 0.3) is 0 Å². The van der Waals surface area contributed by atoms with Crippen molar-refractivity contribution in [3.05, 3.63) is 41.5 Å². The van der Waals surface area contributed by atoms with E-state index in [9.17, 15) is 0 Å². The number of anilines is 2. The smallest absolute Gasteiger partial charge is 0.138 e. The Labute approximate surface area is 126 Å². The normalized spacial score (nSPS) is 11.5. The second-order valence-electron chi connectivity index (χ2n) is 6.31. The van der Waals surface area contributed by atoms with Gasteiger partial charge in [0.15, 0.2) is 0 Å². The lowest BCUT2D eigenvalue weighted by Gasteiger charge is -2.24. The topological polar surface area (TPSA) is 67.9 Å². The summed E-state index contributed by atoms with van der Waals surface area (Å²) in [6, 6.07) is 5.90. The Morgan fingerprint density at radius 1 is 1.19 bits per heavy atom. The molecular weight excluding hydrogens is 262 g/mol. The predicted molar refractivity (Wildman–Crippen MR) is 86.2 cm³/mol. The van der Waals surface area contributed by atoms with Crippen LogP contribution in [0.2, 0.25) is 0 Å². The Morgan fingerprint density at radius 3 is 2.48 bits per heavy atom. The van der Waals surface area contributed by atoms with Crippen molar-refractivity contribution in [1.29, 1.82) is 0 Å². The minimum Gasteiger partial charge on any atom is -0.383 e. The maximum Gasteiger partial charge on any atom is 0.138 e. The number of nitrogen functional groups attached to an aromatic ring is 1. The van der Waals surface area contributed by atoms with Crippen molar-refractivity contribution in [1.82, 2.24) is 15.0 Å². The quantitative estimate of drug-likeness (QED) is 0.939. The fourth-order valence-corrected chi connectivity index (χ4v) is 2.04. The molecule has 0 radical (unpaired) electrons. The maximum absolute atomic E-state index is 6.06. The molecule has 0 bridgehead atoms. The van der Waals surface area contributed by atoms with Crippen LogP contribution < -0.4 is 10.6 Å². The molecule has 0 fully saturated rings. The summed E-state index contributed by atoms with van der Waals surface area (Å²) in [6.07, 6.45) is 1.80. The highest BCUT2D eigenvalue weighted by molar-refractivity contribution is 5.56. The average Bonchev–Trinajstić information content (AvgIpc) is 2.41. The first-order valence-corrected chi connectivity index (χ1v) is 7.04. The van der Waals surface area contributed by atoms with Gasteiger partial charge in [-0.15, -0.1) is 0 Å². The monoisotopic (exact) mass is 285 g/mol. The van der Waals surface area contributed by atoms with Gasteiger partial charge >= 0.3 is 0 Å². The van der Waals surface area contributed by atoms with E-state index in [1.54, 1.807) is 6.20 Å². The first-order chi connectivity index (χ1) is 9.79. The van der Waals surface area contributed by atoms with Gasteiger partial charge in [0.2, 0.25) is 0 Å². The number of nitrogens with zero attached hydrogens (tertiary/aromatic N) is 4. The molecule has 2 heterocycles.